The van der Waals surface area contributed by atoms with Gasteiger partial charge < -0.3 is 19.3 Å². The molecule has 190 valence electrons. The standard InChI is InChI=1S/C27H25BClFN2O4S/c1-31-27(33)25-22-12-21(17-3-4-17)23(13-24(22)36-26(25)18-5-7-19(29)8-6-18)32(37(2)35)15-16-9-10-28(34)14-20(30)11-16/h5-14,17,34H,3-4,15H2,1-2H3,(H,31,33). The van der Waals surface area contributed by atoms with Crippen LogP contribution < -0.4 is 9.62 Å². The Bertz CT molecular complexity index is 1450. The Balaban J connectivity index is 1.66. The summed E-state index contributed by atoms with van der Waals surface area (Å²) >= 11 is 4.62. The van der Waals surface area contributed by atoms with Gasteiger partial charge in [-0.2, -0.15) is 4.31 Å². The molecule has 2 aliphatic rings. The van der Waals surface area contributed by atoms with Crippen molar-refractivity contribution in [3.8, 4) is 11.3 Å². The van der Waals surface area contributed by atoms with Crippen LogP contribution in [-0.2, 0) is 11.4 Å². The van der Waals surface area contributed by atoms with Crippen LogP contribution in [0.1, 0.15) is 34.7 Å². The Kier molecular flexibility index (Phi) is 7.22. The molecule has 1 unspecified atom stereocenters. The van der Waals surface area contributed by atoms with Crippen LogP contribution in [0.3, 0.4) is 0 Å². The molecule has 0 spiro atoms. The number of carbonyl (C=O) groups is 1. The van der Waals surface area contributed by atoms with Crippen LogP contribution in [0, 0.1) is 0 Å². The molecular formula is C27H25BClFN2O4S. The van der Waals surface area contributed by atoms with Crippen LogP contribution in [0.4, 0.5) is 10.1 Å². The SMILES string of the molecule is CNC(=O)c1c(-c2ccc(Cl)cc2)oc2cc(N(CC3=CC(F)=CB(O)C=C3)[S+](C)[O-])c(C3CC3)cc12. The molecule has 2 heterocycles. The summed E-state index contributed by atoms with van der Waals surface area (Å²) in [5.41, 5.74) is 3.84. The molecule has 0 saturated heterocycles. The van der Waals surface area contributed by atoms with E-state index < -0.39 is 24.1 Å². The predicted molar refractivity (Wildman–Crippen MR) is 148 cm³/mol. The number of rotatable bonds is 7. The maximum Gasteiger partial charge on any atom is 0.346 e. The molecule has 5 rings (SSSR count). The molecule has 0 radical (unpaired) electrons. The summed E-state index contributed by atoms with van der Waals surface area (Å²) < 4.78 is 35.1. The summed E-state index contributed by atoms with van der Waals surface area (Å²) in [5, 5.41) is 13.8. The first-order chi connectivity index (χ1) is 17.7. The lowest BCUT2D eigenvalue weighted by atomic mass is 9.69. The maximum atomic E-state index is 14.2. The predicted octanol–water partition coefficient (Wildman–Crippen LogP) is 5.50. The topological polar surface area (TPSA) is 88.8 Å². The highest BCUT2D eigenvalue weighted by Gasteiger charge is 2.33. The van der Waals surface area contributed by atoms with Gasteiger partial charge >= 0.3 is 6.92 Å². The van der Waals surface area contributed by atoms with E-state index in [4.69, 9.17) is 16.0 Å². The molecule has 2 aromatic carbocycles. The smallest absolute Gasteiger partial charge is 0.346 e. The Labute approximate surface area is 222 Å². The largest absolute Gasteiger partial charge is 0.593 e. The van der Waals surface area contributed by atoms with E-state index in [9.17, 15) is 18.8 Å². The monoisotopic (exact) mass is 538 g/mol. The first-order valence-electron chi connectivity index (χ1n) is 11.9. The van der Waals surface area contributed by atoms with Gasteiger partial charge in [0.1, 0.15) is 23.4 Å². The molecule has 1 atom stereocenters. The lowest BCUT2D eigenvalue weighted by Gasteiger charge is -2.26. The number of halogens is 2. The summed E-state index contributed by atoms with van der Waals surface area (Å²) in [6, 6.07) is 10.8. The highest BCUT2D eigenvalue weighted by atomic mass is 35.5. The van der Waals surface area contributed by atoms with Gasteiger partial charge in [-0.1, -0.05) is 23.7 Å². The van der Waals surface area contributed by atoms with Crippen LogP contribution in [0.15, 0.2) is 76.3 Å². The summed E-state index contributed by atoms with van der Waals surface area (Å²) in [7, 11) is 1.57. The van der Waals surface area contributed by atoms with Gasteiger partial charge in [-0.25, -0.2) is 4.39 Å². The van der Waals surface area contributed by atoms with E-state index in [-0.39, 0.29) is 18.4 Å². The van der Waals surface area contributed by atoms with Gasteiger partial charge in [0.25, 0.3) is 5.91 Å². The van der Waals surface area contributed by atoms with Crippen molar-refractivity contribution in [2.24, 2.45) is 0 Å². The zero-order chi connectivity index (χ0) is 26.3. The second kappa shape index (κ2) is 10.4. The Morgan fingerprint density at radius 1 is 1.32 bits per heavy atom. The molecule has 1 aromatic heterocycles. The quantitative estimate of drug-likeness (QED) is 0.306. The summed E-state index contributed by atoms with van der Waals surface area (Å²) in [5.74, 6) is 2.45. The lowest BCUT2D eigenvalue weighted by molar-refractivity contribution is 0.0964. The number of fused-ring (bicyclic) bond motifs is 1. The molecule has 10 heteroatoms. The fourth-order valence-corrected chi connectivity index (χ4v) is 5.43. The number of furan rings is 1. The van der Waals surface area contributed by atoms with Gasteiger partial charge in [0.2, 0.25) is 0 Å². The zero-order valence-corrected chi connectivity index (χ0v) is 21.9. The minimum Gasteiger partial charge on any atom is -0.593 e. The fraction of sp³-hybridized carbons (Fsp3) is 0.222. The molecule has 3 aromatic rings. The molecular weight excluding hydrogens is 514 g/mol. The number of anilines is 1. The van der Waals surface area contributed by atoms with Crippen LogP contribution in [0.25, 0.3) is 22.3 Å². The first-order valence-corrected chi connectivity index (χ1v) is 13.8. The molecule has 6 nitrogen and oxygen atoms in total. The van der Waals surface area contributed by atoms with Crippen LogP contribution >= 0.6 is 11.6 Å². The van der Waals surface area contributed by atoms with E-state index in [1.54, 1.807) is 48.0 Å². The Hall–Kier alpha value is -2.98. The Morgan fingerprint density at radius 3 is 2.70 bits per heavy atom. The van der Waals surface area contributed by atoms with Gasteiger partial charge in [-0.15, -0.1) is 0 Å². The van der Waals surface area contributed by atoms with Crippen LogP contribution in [0.2, 0.25) is 5.02 Å². The van der Waals surface area contributed by atoms with Gasteiger partial charge in [0, 0.05) is 29.1 Å². The van der Waals surface area contributed by atoms with Crippen molar-refractivity contribution in [2.75, 3.05) is 24.2 Å². The van der Waals surface area contributed by atoms with Crippen molar-refractivity contribution in [2.45, 2.75) is 18.8 Å². The average Bonchev–Trinajstić information content (AvgIpc) is 3.66. The van der Waals surface area contributed by atoms with Gasteiger partial charge in [0.15, 0.2) is 0 Å². The third kappa shape index (κ3) is 5.36. The van der Waals surface area contributed by atoms with Crippen molar-refractivity contribution in [3.63, 3.8) is 0 Å². The summed E-state index contributed by atoms with van der Waals surface area (Å²) in [4.78, 5) is 13.0. The zero-order valence-electron chi connectivity index (χ0n) is 20.3. The Morgan fingerprint density at radius 2 is 2.05 bits per heavy atom. The van der Waals surface area contributed by atoms with Crippen molar-refractivity contribution >= 4 is 52.4 Å². The second-order valence-electron chi connectivity index (χ2n) is 9.15. The number of allylic oxidation sites excluding steroid dienone is 2. The second-order valence-corrected chi connectivity index (χ2v) is 10.9. The maximum absolute atomic E-state index is 14.2. The molecule has 1 fully saturated rings. The van der Waals surface area contributed by atoms with Crippen molar-refractivity contribution in [1.82, 2.24) is 5.32 Å². The molecule has 2 N–H and O–H groups in total. The third-order valence-electron chi connectivity index (χ3n) is 6.48. The number of nitrogens with zero attached hydrogens (tertiary/aromatic N) is 1. The first kappa shape index (κ1) is 25.7. The van der Waals surface area contributed by atoms with Crippen molar-refractivity contribution < 1.29 is 23.2 Å². The lowest BCUT2D eigenvalue weighted by Crippen LogP contribution is -2.32. The van der Waals surface area contributed by atoms with E-state index in [2.05, 4.69) is 5.32 Å². The van der Waals surface area contributed by atoms with E-state index in [0.717, 1.165) is 24.4 Å². The molecule has 1 aliphatic heterocycles. The molecule has 1 amide bonds. The van der Waals surface area contributed by atoms with Gasteiger partial charge in [0.05, 0.1) is 29.2 Å². The average molecular weight is 539 g/mol. The number of benzene rings is 2. The van der Waals surface area contributed by atoms with Crippen molar-refractivity contribution in [3.05, 3.63) is 88.1 Å². The summed E-state index contributed by atoms with van der Waals surface area (Å²) in [6.07, 6.45) is 6.49. The molecule has 1 aliphatic carbocycles. The molecule has 0 bridgehead atoms. The van der Waals surface area contributed by atoms with Gasteiger partial charge in [-0.3, -0.25) is 4.79 Å². The number of nitrogens with one attached hydrogen (secondary N) is 1. The number of amides is 1. The third-order valence-corrected chi connectivity index (χ3v) is 7.68. The van der Waals surface area contributed by atoms with Crippen molar-refractivity contribution in [1.29, 1.82) is 0 Å². The molecule has 37 heavy (non-hydrogen) atoms. The number of hydrogen-bond donors (Lipinski definition) is 2. The minimum absolute atomic E-state index is 0.159. The van der Waals surface area contributed by atoms with E-state index >= 15 is 0 Å². The highest BCUT2D eigenvalue weighted by Crippen LogP contribution is 2.48. The van der Waals surface area contributed by atoms with Crippen LogP contribution in [-0.4, -0.2) is 42.2 Å². The van der Waals surface area contributed by atoms with E-state index in [0.29, 0.717) is 44.1 Å². The molecule has 1 saturated carbocycles. The van der Waals surface area contributed by atoms with Gasteiger partial charge in [-0.05, 0) is 72.3 Å². The number of hydrogen-bond acceptors (Lipinski definition) is 5. The van der Waals surface area contributed by atoms with E-state index in [1.807, 2.05) is 12.1 Å². The summed E-state index contributed by atoms with van der Waals surface area (Å²) in [6.45, 7) is -0.864. The normalized spacial score (nSPS) is 16.3. The fourth-order valence-electron chi connectivity index (χ4n) is 4.53. The highest BCUT2D eigenvalue weighted by molar-refractivity contribution is 7.92. The minimum atomic E-state index is -1.45. The van der Waals surface area contributed by atoms with E-state index in [1.165, 1.54) is 12.1 Å². The number of carbonyl (C=O) groups excluding carboxylic acids is 1. The van der Waals surface area contributed by atoms with Crippen LogP contribution in [0.5, 0.6) is 0 Å².